The van der Waals surface area contributed by atoms with Gasteiger partial charge in [0, 0.05) is 49.2 Å². The molecule has 5 heterocycles. The smallest absolute Gasteiger partial charge is 0.280 e. The van der Waals surface area contributed by atoms with Crippen LogP contribution in [0.4, 0.5) is 4.39 Å². The topological polar surface area (TPSA) is 84.6 Å². The van der Waals surface area contributed by atoms with Crippen LogP contribution in [0.2, 0.25) is 0 Å². The number of fused-ring (bicyclic) bond motifs is 1. The van der Waals surface area contributed by atoms with Gasteiger partial charge in [0.25, 0.3) is 5.56 Å². The van der Waals surface area contributed by atoms with E-state index in [1.54, 1.807) is 27.7 Å². The predicted molar refractivity (Wildman–Crippen MR) is 153 cm³/mol. The van der Waals surface area contributed by atoms with Crippen molar-refractivity contribution in [2.24, 2.45) is 13.0 Å². The Bertz CT molecular complexity index is 1780. The molecule has 1 saturated heterocycles. The van der Waals surface area contributed by atoms with Crippen molar-refractivity contribution in [1.29, 1.82) is 0 Å². The Balaban J connectivity index is 1.31. The molecule has 1 N–H and O–H groups in total. The Morgan fingerprint density at radius 3 is 2.75 bits per heavy atom. The van der Waals surface area contributed by atoms with Crippen molar-refractivity contribution < 1.29 is 4.39 Å². The minimum atomic E-state index is -0.353. The Morgan fingerprint density at radius 2 is 1.98 bits per heavy atom. The molecule has 1 aliphatic carbocycles. The van der Waals surface area contributed by atoms with Crippen molar-refractivity contribution in [3.63, 3.8) is 0 Å². The van der Waals surface area contributed by atoms with Crippen LogP contribution in [0.15, 0.2) is 59.9 Å². The van der Waals surface area contributed by atoms with Gasteiger partial charge in [0.15, 0.2) is 5.82 Å². The van der Waals surface area contributed by atoms with E-state index in [4.69, 9.17) is 0 Å². The number of rotatable bonds is 6. The standard InChI is InChI=1S/C31H32FN7O/c1-19-4-3-11-38(15-19)16-23-14-25-27(20-5-6-20)17-39(31(40)29(25)35-23)28-12-21(9-10-33-28)24-8-7-22(32)13-26(24)30-36-34-18-37(30)2/h7-10,12-14,17-20,35H,3-6,11,15-16H2,1-2H3/t19-/m0/s1. The molecule has 1 aliphatic heterocycles. The van der Waals surface area contributed by atoms with Gasteiger partial charge in [0.2, 0.25) is 0 Å². The van der Waals surface area contributed by atoms with E-state index in [9.17, 15) is 9.18 Å². The lowest BCUT2D eigenvalue weighted by molar-refractivity contribution is 0.175. The quantitative estimate of drug-likeness (QED) is 0.313. The number of benzene rings is 1. The van der Waals surface area contributed by atoms with Gasteiger partial charge in [-0.2, -0.15) is 0 Å². The molecule has 0 unspecified atom stereocenters. The van der Waals surface area contributed by atoms with Gasteiger partial charge in [-0.25, -0.2) is 9.37 Å². The van der Waals surface area contributed by atoms with Crippen LogP contribution in [0, 0.1) is 11.7 Å². The second kappa shape index (κ2) is 9.82. The number of aromatic nitrogens is 6. The molecule has 0 spiro atoms. The van der Waals surface area contributed by atoms with E-state index in [1.165, 1.54) is 30.5 Å². The van der Waals surface area contributed by atoms with Crippen molar-refractivity contribution in [3.05, 3.63) is 82.5 Å². The molecule has 0 amide bonds. The fourth-order valence-corrected chi connectivity index (χ4v) is 6.14. The van der Waals surface area contributed by atoms with Gasteiger partial charge in [-0.1, -0.05) is 13.0 Å². The number of hydrogen-bond acceptors (Lipinski definition) is 5. The zero-order chi connectivity index (χ0) is 27.4. The first kappa shape index (κ1) is 24.9. The Hall–Kier alpha value is -4.11. The molecule has 1 atom stereocenters. The first-order valence-electron chi connectivity index (χ1n) is 14.0. The Labute approximate surface area is 231 Å². The number of pyridine rings is 2. The summed E-state index contributed by atoms with van der Waals surface area (Å²) in [6, 6.07) is 10.6. The van der Waals surface area contributed by atoms with Crippen LogP contribution in [0.25, 0.3) is 39.2 Å². The van der Waals surface area contributed by atoms with Gasteiger partial charge in [-0.3, -0.25) is 14.3 Å². The molecule has 40 heavy (non-hydrogen) atoms. The average molecular weight is 538 g/mol. The van der Waals surface area contributed by atoms with Gasteiger partial charge in [0.1, 0.15) is 23.5 Å². The summed E-state index contributed by atoms with van der Waals surface area (Å²) in [6.07, 6.45) is 10.0. The number of likely N-dealkylation sites (tertiary alicyclic amines) is 1. The first-order valence-corrected chi connectivity index (χ1v) is 14.0. The third-order valence-corrected chi connectivity index (χ3v) is 8.27. The summed E-state index contributed by atoms with van der Waals surface area (Å²) in [5.41, 5.74) is 5.03. The number of aryl methyl sites for hydroxylation is 1. The first-order chi connectivity index (χ1) is 19.4. The van der Waals surface area contributed by atoms with Gasteiger partial charge in [-0.15, -0.1) is 10.2 Å². The number of hydrogen-bond donors (Lipinski definition) is 1. The summed E-state index contributed by atoms with van der Waals surface area (Å²) in [5, 5.41) is 9.20. The monoisotopic (exact) mass is 537 g/mol. The lowest BCUT2D eigenvalue weighted by Crippen LogP contribution is -2.33. The van der Waals surface area contributed by atoms with Crippen LogP contribution in [-0.2, 0) is 13.6 Å². The van der Waals surface area contributed by atoms with Crippen LogP contribution >= 0.6 is 0 Å². The summed E-state index contributed by atoms with van der Waals surface area (Å²) in [4.78, 5) is 24.4. The predicted octanol–water partition coefficient (Wildman–Crippen LogP) is 5.42. The fraction of sp³-hybridized carbons (Fsp3) is 0.355. The molecule has 204 valence electrons. The number of H-pyrrole nitrogens is 1. The Morgan fingerprint density at radius 1 is 1.10 bits per heavy atom. The van der Waals surface area contributed by atoms with Crippen LogP contribution in [0.3, 0.4) is 0 Å². The molecule has 1 aromatic carbocycles. The highest BCUT2D eigenvalue weighted by Crippen LogP contribution is 2.43. The van der Waals surface area contributed by atoms with E-state index in [-0.39, 0.29) is 11.4 Å². The van der Waals surface area contributed by atoms with E-state index in [2.05, 4.69) is 38.1 Å². The van der Waals surface area contributed by atoms with Crippen molar-refractivity contribution in [3.8, 4) is 28.3 Å². The van der Waals surface area contributed by atoms with Crippen molar-refractivity contribution in [1.82, 2.24) is 34.2 Å². The number of nitrogens with one attached hydrogen (secondary N) is 1. The van der Waals surface area contributed by atoms with E-state index in [0.29, 0.717) is 34.6 Å². The maximum atomic E-state index is 14.3. The van der Waals surface area contributed by atoms with Crippen molar-refractivity contribution in [2.45, 2.75) is 45.1 Å². The normalized spacial score (nSPS) is 18.0. The largest absolute Gasteiger partial charge is 0.353 e. The molecule has 9 heteroatoms. The zero-order valence-electron chi connectivity index (χ0n) is 22.8. The highest BCUT2D eigenvalue weighted by molar-refractivity contribution is 5.85. The molecule has 7 rings (SSSR count). The van der Waals surface area contributed by atoms with Gasteiger partial charge in [0.05, 0.1) is 0 Å². The molecule has 2 aliphatic rings. The minimum Gasteiger partial charge on any atom is -0.353 e. The van der Waals surface area contributed by atoms with Crippen LogP contribution in [0.1, 0.15) is 49.8 Å². The second-order valence-electron chi connectivity index (χ2n) is 11.5. The van der Waals surface area contributed by atoms with Gasteiger partial charge < -0.3 is 9.55 Å². The third-order valence-electron chi connectivity index (χ3n) is 8.27. The summed E-state index contributed by atoms with van der Waals surface area (Å²) >= 11 is 0. The molecule has 0 radical (unpaired) electrons. The summed E-state index contributed by atoms with van der Waals surface area (Å²) < 4.78 is 17.7. The SMILES string of the molecule is C[C@H]1CCCN(Cc2cc3c(C4CC4)cn(-c4cc(-c5ccc(F)cc5-c5nncn5C)ccn4)c(=O)c3[nH]2)C1. The third kappa shape index (κ3) is 4.54. The Kier molecular flexibility index (Phi) is 6.11. The maximum Gasteiger partial charge on any atom is 0.280 e. The van der Waals surface area contributed by atoms with Crippen molar-refractivity contribution in [2.75, 3.05) is 13.1 Å². The lowest BCUT2D eigenvalue weighted by atomic mass is 9.99. The summed E-state index contributed by atoms with van der Waals surface area (Å²) in [6.45, 7) is 5.32. The van der Waals surface area contributed by atoms with Crippen molar-refractivity contribution >= 4 is 10.9 Å². The van der Waals surface area contributed by atoms with Crippen LogP contribution in [-0.4, -0.2) is 47.3 Å². The number of nitrogens with zero attached hydrogens (tertiary/aromatic N) is 6. The van der Waals surface area contributed by atoms with E-state index in [1.807, 2.05) is 25.4 Å². The summed E-state index contributed by atoms with van der Waals surface area (Å²) in [7, 11) is 1.83. The average Bonchev–Trinajstić information content (AvgIpc) is 3.56. The van der Waals surface area contributed by atoms with E-state index >= 15 is 0 Å². The molecular weight excluding hydrogens is 505 g/mol. The fourth-order valence-electron chi connectivity index (χ4n) is 6.14. The molecular formula is C31H32FN7O. The lowest BCUT2D eigenvalue weighted by Gasteiger charge is -2.30. The molecule has 4 aromatic heterocycles. The molecule has 0 bridgehead atoms. The van der Waals surface area contributed by atoms with Crippen LogP contribution < -0.4 is 5.56 Å². The van der Waals surface area contributed by atoms with E-state index < -0.39 is 0 Å². The van der Waals surface area contributed by atoms with Crippen LogP contribution in [0.5, 0.6) is 0 Å². The number of halogens is 1. The summed E-state index contributed by atoms with van der Waals surface area (Å²) in [5.74, 6) is 1.89. The second-order valence-corrected chi connectivity index (χ2v) is 11.5. The van der Waals surface area contributed by atoms with Gasteiger partial charge >= 0.3 is 0 Å². The minimum absolute atomic E-state index is 0.116. The molecule has 1 saturated carbocycles. The van der Waals surface area contributed by atoms with Gasteiger partial charge in [-0.05, 0) is 91.1 Å². The highest BCUT2D eigenvalue weighted by atomic mass is 19.1. The molecule has 2 fully saturated rings. The molecule has 8 nitrogen and oxygen atoms in total. The molecule has 5 aromatic rings. The zero-order valence-corrected chi connectivity index (χ0v) is 22.8. The number of aromatic amines is 1. The van der Waals surface area contributed by atoms with E-state index in [0.717, 1.165) is 54.7 Å². The highest BCUT2D eigenvalue weighted by Gasteiger charge is 2.28. The number of piperidine rings is 1. The maximum absolute atomic E-state index is 14.3.